The van der Waals surface area contributed by atoms with Gasteiger partial charge in [-0.2, -0.15) is 0 Å². The molecule has 0 spiro atoms. The number of anilines is 3. The molecule has 3 heterocycles. The van der Waals surface area contributed by atoms with Crippen molar-refractivity contribution in [3.05, 3.63) is 42.2 Å². The minimum Gasteiger partial charge on any atom is -0.354 e. The van der Waals surface area contributed by atoms with Gasteiger partial charge >= 0.3 is 0 Å². The van der Waals surface area contributed by atoms with Gasteiger partial charge in [0.25, 0.3) is 0 Å². The first-order valence-corrected chi connectivity index (χ1v) is 9.38. The van der Waals surface area contributed by atoms with Crippen molar-refractivity contribution in [1.29, 1.82) is 0 Å². The number of carbonyl (C=O) groups excluding carboxylic acids is 1. The maximum Gasteiger partial charge on any atom is 0.223 e. The van der Waals surface area contributed by atoms with Crippen LogP contribution in [0.1, 0.15) is 25.5 Å². The van der Waals surface area contributed by atoms with Gasteiger partial charge in [0, 0.05) is 45.2 Å². The largest absolute Gasteiger partial charge is 0.354 e. The summed E-state index contributed by atoms with van der Waals surface area (Å²) in [7, 11) is 0. The SMILES string of the molecule is CC(=O)N1CCC(CNc2ncc3c(n2)CCN3c2ccccc2)CC1. The lowest BCUT2D eigenvalue weighted by Crippen LogP contribution is -2.38. The van der Waals surface area contributed by atoms with Crippen LogP contribution in [0.5, 0.6) is 0 Å². The Morgan fingerprint density at radius 1 is 1.19 bits per heavy atom. The summed E-state index contributed by atoms with van der Waals surface area (Å²) in [5, 5.41) is 3.40. The number of piperidine rings is 1. The summed E-state index contributed by atoms with van der Waals surface area (Å²) in [4.78, 5) is 24.9. The molecule has 0 atom stereocenters. The van der Waals surface area contributed by atoms with Gasteiger partial charge in [-0.3, -0.25) is 4.79 Å². The van der Waals surface area contributed by atoms with Crippen LogP contribution in [0.3, 0.4) is 0 Å². The average Bonchev–Trinajstić information content (AvgIpc) is 3.10. The second kappa shape index (κ2) is 7.32. The van der Waals surface area contributed by atoms with E-state index in [1.165, 1.54) is 5.69 Å². The molecule has 0 unspecified atom stereocenters. The van der Waals surface area contributed by atoms with Crippen LogP contribution in [-0.2, 0) is 11.2 Å². The van der Waals surface area contributed by atoms with Crippen LogP contribution in [0, 0.1) is 5.92 Å². The topological polar surface area (TPSA) is 61.4 Å². The van der Waals surface area contributed by atoms with Crippen LogP contribution in [0.2, 0.25) is 0 Å². The molecular weight excluding hydrogens is 326 g/mol. The van der Waals surface area contributed by atoms with Crippen molar-refractivity contribution in [3.8, 4) is 0 Å². The number of nitrogens with zero attached hydrogens (tertiary/aromatic N) is 4. The van der Waals surface area contributed by atoms with E-state index < -0.39 is 0 Å². The van der Waals surface area contributed by atoms with Gasteiger partial charge in [0.15, 0.2) is 0 Å². The van der Waals surface area contributed by atoms with E-state index in [4.69, 9.17) is 4.98 Å². The van der Waals surface area contributed by atoms with Gasteiger partial charge in [-0.1, -0.05) is 18.2 Å². The Morgan fingerprint density at radius 3 is 2.69 bits per heavy atom. The summed E-state index contributed by atoms with van der Waals surface area (Å²) < 4.78 is 0. The molecule has 1 aromatic carbocycles. The molecule has 1 fully saturated rings. The molecule has 2 aliphatic rings. The van der Waals surface area contributed by atoms with E-state index in [1.807, 2.05) is 17.2 Å². The van der Waals surface area contributed by atoms with Gasteiger partial charge in [0.2, 0.25) is 11.9 Å². The average molecular weight is 351 g/mol. The molecular formula is C20H25N5O. The zero-order valence-electron chi connectivity index (χ0n) is 15.2. The molecule has 136 valence electrons. The van der Waals surface area contributed by atoms with Crippen LogP contribution < -0.4 is 10.2 Å². The molecule has 1 N–H and O–H groups in total. The highest BCUT2D eigenvalue weighted by atomic mass is 16.2. The number of hydrogen-bond acceptors (Lipinski definition) is 5. The highest BCUT2D eigenvalue weighted by Crippen LogP contribution is 2.33. The molecule has 4 rings (SSSR count). The monoisotopic (exact) mass is 351 g/mol. The van der Waals surface area contributed by atoms with Crippen molar-refractivity contribution in [1.82, 2.24) is 14.9 Å². The molecule has 0 aliphatic carbocycles. The summed E-state index contributed by atoms with van der Waals surface area (Å²) in [6.07, 6.45) is 4.96. The first-order valence-electron chi connectivity index (χ1n) is 9.38. The molecule has 0 radical (unpaired) electrons. The number of rotatable bonds is 4. The van der Waals surface area contributed by atoms with Gasteiger partial charge in [-0.25, -0.2) is 9.97 Å². The molecule has 26 heavy (non-hydrogen) atoms. The molecule has 6 heteroatoms. The Kier molecular flexibility index (Phi) is 4.73. The van der Waals surface area contributed by atoms with Crippen molar-refractivity contribution < 1.29 is 4.79 Å². The fraction of sp³-hybridized carbons (Fsp3) is 0.450. The molecule has 6 nitrogen and oxygen atoms in total. The predicted molar refractivity (Wildman–Crippen MR) is 103 cm³/mol. The molecule has 1 aromatic heterocycles. The predicted octanol–water partition coefficient (Wildman–Crippen LogP) is 2.84. The number of hydrogen-bond donors (Lipinski definition) is 1. The van der Waals surface area contributed by atoms with Crippen LogP contribution >= 0.6 is 0 Å². The van der Waals surface area contributed by atoms with Crippen LogP contribution in [0.25, 0.3) is 0 Å². The Bertz CT molecular complexity index is 771. The van der Waals surface area contributed by atoms with E-state index in [0.717, 1.165) is 56.8 Å². The standard InChI is InChI=1S/C20H25N5O/c1-15(26)24-10-7-16(8-11-24)13-21-20-22-14-19-18(23-20)9-12-25(19)17-5-3-2-4-6-17/h2-6,14,16H,7-13H2,1H3,(H,21,22,23). The molecule has 2 aliphatic heterocycles. The summed E-state index contributed by atoms with van der Waals surface area (Å²) >= 11 is 0. The zero-order chi connectivity index (χ0) is 17.9. The maximum atomic E-state index is 11.4. The second-order valence-corrected chi connectivity index (χ2v) is 7.09. The highest BCUT2D eigenvalue weighted by Gasteiger charge is 2.24. The van der Waals surface area contributed by atoms with Gasteiger partial charge in [0.1, 0.15) is 0 Å². The van der Waals surface area contributed by atoms with Crippen LogP contribution in [0.4, 0.5) is 17.3 Å². The molecule has 1 saturated heterocycles. The summed E-state index contributed by atoms with van der Waals surface area (Å²) in [5.41, 5.74) is 3.40. The maximum absolute atomic E-state index is 11.4. The summed E-state index contributed by atoms with van der Waals surface area (Å²) in [6.45, 7) is 5.18. The lowest BCUT2D eigenvalue weighted by atomic mass is 9.97. The first-order chi connectivity index (χ1) is 12.7. The Labute approximate surface area is 154 Å². The molecule has 0 saturated carbocycles. The third kappa shape index (κ3) is 3.49. The lowest BCUT2D eigenvalue weighted by Gasteiger charge is -2.31. The van der Waals surface area contributed by atoms with Gasteiger partial charge < -0.3 is 15.1 Å². The fourth-order valence-corrected chi connectivity index (χ4v) is 3.81. The van der Waals surface area contributed by atoms with Crippen molar-refractivity contribution in [2.75, 3.05) is 36.4 Å². The van der Waals surface area contributed by atoms with Gasteiger partial charge in [-0.05, 0) is 30.9 Å². The van der Waals surface area contributed by atoms with E-state index in [2.05, 4.69) is 39.5 Å². The smallest absolute Gasteiger partial charge is 0.223 e. The van der Waals surface area contributed by atoms with Crippen molar-refractivity contribution >= 4 is 23.2 Å². The third-order valence-electron chi connectivity index (χ3n) is 5.39. The number of likely N-dealkylation sites (tertiary alicyclic amines) is 1. The summed E-state index contributed by atoms with van der Waals surface area (Å²) in [5.74, 6) is 1.47. The number of para-hydroxylation sites is 1. The van der Waals surface area contributed by atoms with Gasteiger partial charge in [0.05, 0.1) is 17.6 Å². The Morgan fingerprint density at radius 2 is 1.96 bits per heavy atom. The zero-order valence-corrected chi connectivity index (χ0v) is 15.2. The minimum absolute atomic E-state index is 0.182. The van der Waals surface area contributed by atoms with Crippen LogP contribution in [-0.4, -0.2) is 47.0 Å². The number of fused-ring (bicyclic) bond motifs is 1. The number of amides is 1. The number of benzene rings is 1. The third-order valence-corrected chi connectivity index (χ3v) is 5.39. The second-order valence-electron chi connectivity index (χ2n) is 7.09. The van der Waals surface area contributed by atoms with E-state index >= 15 is 0 Å². The molecule has 0 bridgehead atoms. The Hall–Kier alpha value is -2.63. The number of nitrogens with one attached hydrogen (secondary N) is 1. The van der Waals surface area contributed by atoms with Crippen molar-refractivity contribution in [2.45, 2.75) is 26.2 Å². The van der Waals surface area contributed by atoms with Gasteiger partial charge in [-0.15, -0.1) is 0 Å². The molecule has 2 aromatic rings. The van der Waals surface area contributed by atoms with Crippen molar-refractivity contribution in [3.63, 3.8) is 0 Å². The summed E-state index contributed by atoms with van der Waals surface area (Å²) in [6, 6.07) is 10.4. The van der Waals surface area contributed by atoms with E-state index in [-0.39, 0.29) is 5.91 Å². The Balaban J connectivity index is 1.36. The normalized spacial score (nSPS) is 17.3. The van der Waals surface area contributed by atoms with E-state index in [9.17, 15) is 4.79 Å². The first kappa shape index (κ1) is 16.8. The fourth-order valence-electron chi connectivity index (χ4n) is 3.81. The minimum atomic E-state index is 0.182. The number of aromatic nitrogens is 2. The highest BCUT2D eigenvalue weighted by molar-refractivity contribution is 5.73. The lowest BCUT2D eigenvalue weighted by molar-refractivity contribution is -0.130. The quantitative estimate of drug-likeness (QED) is 0.918. The number of carbonyl (C=O) groups is 1. The van der Waals surface area contributed by atoms with Crippen LogP contribution in [0.15, 0.2) is 36.5 Å². The van der Waals surface area contributed by atoms with Crippen molar-refractivity contribution in [2.24, 2.45) is 5.92 Å². The van der Waals surface area contributed by atoms with E-state index in [1.54, 1.807) is 6.92 Å². The van der Waals surface area contributed by atoms with E-state index in [0.29, 0.717) is 11.9 Å². The molecule has 1 amide bonds.